The molecule has 2 heterocycles. The van der Waals surface area contributed by atoms with Gasteiger partial charge in [0.25, 0.3) is 5.91 Å². The Morgan fingerprint density at radius 2 is 2.05 bits per heavy atom. The molecule has 1 saturated heterocycles. The number of halogens is 2. The summed E-state index contributed by atoms with van der Waals surface area (Å²) in [5, 5.41) is 3.21. The van der Waals surface area contributed by atoms with E-state index in [4.69, 9.17) is 23.2 Å². The molecule has 122 valence electrons. The molecule has 0 saturated carbocycles. The number of sulfonamides is 1. The van der Waals surface area contributed by atoms with Crippen LogP contribution in [0.1, 0.15) is 23.2 Å². The van der Waals surface area contributed by atoms with Gasteiger partial charge in [0.2, 0.25) is 10.0 Å². The van der Waals surface area contributed by atoms with Crippen LogP contribution >= 0.6 is 23.2 Å². The van der Waals surface area contributed by atoms with Crippen LogP contribution in [0.5, 0.6) is 0 Å². The van der Waals surface area contributed by atoms with Crippen LogP contribution in [0.4, 0.5) is 0 Å². The third-order valence-electron chi connectivity index (χ3n) is 3.65. The summed E-state index contributed by atoms with van der Waals surface area (Å²) in [5.41, 5.74) is 0.350. The minimum Gasteiger partial charge on any atom is -0.352 e. The van der Waals surface area contributed by atoms with Gasteiger partial charge in [-0.2, -0.15) is 0 Å². The van der Waals surface area contributed by atoms with Gasteiger partial charge in [0.05, 0.1) is 16.8 Å². The van der Waals surface area contributed by atoms with Crippen LogP contribution in [0.3, 0.4) is 0 Å². The molecule has 1 aromatic rings. The SMILES string of the molecule is CS(=O)(=O)N1CCC(CNC(=O)c2cnc(Cl)c(Cl)c2)CC1. The van der Waals surface area contributed by atoms with E-state index in [1.54, 1.807) is 0 Å². The molecule has 0 atom stereocenters. The van der Waals surface area contributed by atoms with E-state index in [0.717, 1.165) is 12.8 Å². The van der Waals surface area contributed by atoms with E-state index in [1.165, 1.54) is 22.8 Å². The summed E-state index contributed by atoms with van der Waals surface area (Å²) in [5.74, 6) is -0.00529. The first-order chi connectivity index (χ1) is 10.3. The molecule has 0 aromatic carbocycles. The molecule has 1 aliphatic rings. The van der Waals surface area contributed by atoms with Crippen LogP contribution in [0, 0.1) is 5.92 Å². The zero-order chi connectivity index (χ0) is 16.3. The molecule has 6 nitrogen and oxygen atoms in total. The number of hydrogen-bond acceptors (Lipinski definition) is 4. The summed E-state index contributed by atoms with van der Waals surface area (Å²) in [6, 6.07) is 1.47. The first-order valence-corrected chi connectivity index (χ1v) is 9.42. The molecule has 0 spiro atoms. The Kier molecular flexibility index (Phi) is 5.65. The quantitative estimate of drug-likeness (QED) is 0.824. The van der Waals surface area contributed by atoms with Crippen molar-refractivity contribution in [1.29, 1.82) is 0 Å². The molecule has 1 aliphatic heterocycles. The highest BCUT2D eigenvalue weighted by Crippen LogP contribution is 2.20. The number of nitrogens with zero attached hydrogens (tertiary/aromatic N) is 2. The van der Waals surface area contributed by atoms with E-state index < -0.39 is 10.0 Å². The maximum absolute atomic E-state index is 12.0. The van der Waals surface area contributed by atoms with Crippen molar-refractivity contribution in [2.24, 2.45) is 5.92 Å². The second kappa shape index (κ2) is 7.12. The molecule has 2 rings (SSSR count). The second-order valence-corrected chi connectivity index (χ2v) is 8.06. The van der Waals surface area contributed by atoms with E-state index in [-0.39, 0.29) is 22.0 Å². The molecule has 1 aromatic heterocycles. The third kappa shape index (κ3) is 4.55. The van der Waals surface area contributed by atoms with Crippen molar-refractivity contribution in [2.45, 2.75) is 12.8 Å². The van der Waals surface area contributed by atoms with E-state index in [9.17, 15) is 13.2 Å². The molecule has 0 radical (unpaired) electrons. The van der Waals surface area contributed by atoms with Crippen molar-refractivity contribution in [3.05, 3.63) is 28.0 Å². The fourth-order valence-electron chi connectivity index (χ4n) is 2.33. The van der Waals surface area contributed by atoms with Crippen molar-refractivity contribution in [2.75, 3.05) is 25.9 Å². The number of aromatic nitrogens is 1. The number of carbonyl (C=O) groups is 1. The molecule has 9 heteroatoms. The van der Waals surface area contributed by atoms with Crippen molar-refractivity contribution in [3.8, 4) is 0 Å². The van der Waals surface area contributed by atoms with E-state index >= 15 is 0 Å². The smallest absolute Gasteiger partial charge is 0.252 e. The standard InChI is InChI=1S/C13H17Cl2N3O3S/c1-22(20,21)18-4-2-9(3-5-18)7-17-13(19)10-6-11(14)12(15)16-8-10/h6,8-9H,2-5,7H2,1H3,(H,17,19). The van der Waals surface area contributed by atoms with Crippen LogP contribution in [-0.2, 0) is 10.0 Å². The Morgan fingerprint density at radius 3 is 2.59 bits per heavy atom. The average molecular weight is 366 g/mol. The minimum absolute atomic E-state index is 0.159. The number of amides is 1. The molecular weight excluding hydrogens is 349 g/mol. The molecule has 0 aliphatic carbocycles. The van der Waals surface area contributed by atoms with Gasteiger partial charge in [0, 0.05) is 25.8 Å². The van der Waals surface area contributed by atoms with Gasteiger partial charge < -0.3 is 5.32 Å². The van der Waals surface area contributed by atoms with Crippen LogP contribution < -0.4 is 5.32 Å². The lowest BCUT2D eigenvalue weighted by Gasteiger charge is -2.30. The van der Waals surface area contributed by atoms with Crippen molar-refractivity contribution >= 4 is 39.1 Å². The lowest BCUT2D eigenvalue weighted by Crippen LogP contribution is -2.41. The van der Waals surface area contributed by atoms with Gasteiger partial charge in [-0.3, -0.25) is 4.79 Å². The first kappa shape index (κ1) is 17.5. The van der Waals surface area contributed by atoms with Crippen molar-refractivity contribution in [1.82, 2.24) is 14.6 Å². The normalized spacial score (nSPS) is 17.4. The fourth-order valence-corrected chi connectivity index (χ4v) is 3.47. The number of rotatable bonds is 4. The molecule has 0 bridgehead atoms. The molecule has 1 amide bonds. The predicted octanol–water partition coefficient (Wildman–Crippen LogP) is 1.79. The van der Waals surface area contributed by atoms with Gasteiger partial charge >= 0.3 is 0 Å². The maximum Gasteiger partial charge on any atom is 0.252 e. The summed E-state index contributed by atoms with van der Waals surface area (Å²) in [4.78, 5) is 15.8. The minimum atomic E-state index is -3.12. The second-order valence-electron chi connectivity index (χ2n) is 5.31. The fraction of sp³-hybridized carbons (Fsp3) is 0.538. The topological polar surface area (TPSA) is 79.4 Å². The zero-order valence-electron chi connectivity index (χ0n) is 12.1. The predicted molar refractivity (Wildman–Crippen MR) is 85.7 cm³/mol. The highest BCUT2D eigenvalue weighted by Gasteiger charge is 2.25. The lowest BCUT2D eigenvalue weighted by atomic mass is 9.98. The molecule has 22 heavy (non-hydrogen) atoms. The number of hydrogen-bond donors (Lipinski definition) is 1. The first-order valence-electron chi connectivity index (χ1n) is 6.81. The summed E-state index contributed by atoms with van der Waals surface area (Å²) >= 11 is 11.5. The summed E-state index contributed by atoms with van der Waals surface area (Å²) in [7, 11) is -3.12. The van der Waals surface area contributed by atoms with E-state index in [0.29, 0.717) is 25.2 Å². The molecule has 1 N–H and O–H groups in total. The maximum atomic E-state index is 12.0. The summed E-state index contributed by atoms with van der Waals surface area (Å²) < 4.78 is 24.3. The summed E-state index contributed by atoms with van der Waals surface area (Å²) in [6.07, 6.45) is 4.04. The largest absolute Gasteiger partial charge is 0.352 e. The van der Waals surface area contributed by atoms with Gasteiger partial charge in [-0.25, -0.2) is 17.7 Å². The Labute approximate surface area is 139 Å². The van der Waals surface area contributed by atoms with Gasteiger partial charge in [-0.1, -0.05) is 23.2 Å². The number of carbonyl (C=O) groups excluding carboxylic acids is 1. The van der Waals surface area contributed by atoms with Crippen LogP contribution in [0.2, 0.25) is 10.2 Å². The highest BCUT2D eigenvalue weighted by molar-refractivity contribution is 7.88. The monoisotopic (exact) mass is 365 g/mol. The van der Waals surface area contributed by atoms with Gasteiger partial charge in [-0.05, 0) is 24.8 Å². The molecule has 1 fully saturated rings. The molecular formula is C13H17Cl2N3O3S. The average Bonchev–Trinajstić information content (AvgIpc) is 2.47. The number of pyridine rings is 1. The third-order valence-corrected chi connectivity index (χ3v) is 5.64. The van der Waals surface area contributed by atoms with Crippen LogP contribution in [-0.4, -0.2) is 49.5 Å². The van der Waals surface area contributed by atoms with Gasteiger partial charge in [0.1, 0.15) is 5.15 Å². The number of nitrogens with one attached hydrogen (secondary N) is 1. The molecule has 0 unspecified atom stereocenters. The van der Waals surface area contributed by atoms with Gasteiger partial charge in [0.15, 0.2) is 0 Å². The summed E-state index contributed by atoms with van der Waals surface area (Å²) in [6.45, 7) is 1.48. The Balaban J connectivity index is 1.84. The van der Waals surface area contributed by atoms with Crippen LogP contribution in [0.15, 0.2) is 12.3 Å². The number of piperidine rings is 1. The van der Waals surface area contributed by atoms with Crippen molar-refractivity contribution in [3.63, 3.8) is 0 Å². The Morgan fingerprint density at radius 1 is 1.41 bits per heavy atom. The van der Waals surface area contributed by atoms with Gasteiger partial charge in [-0.15, -0.1) is 0 Å². The Hall–Kier alpha value is -0.890. The zero-order valence-corrected chi connectivity index (χ0v) is 14.4. The lowest BCUT2D eigenvalue weighted by molar-refractivity contribution is 0.0941. The van der Waals surface area contributed by atoms with E-state index in [1.807, 2.05) is 0 Å². The Bertz CT molecular complexity index is 658. The van der Waals surface area contributed by atoms with E-state index in [2.05, 4.69) is 10.3 Å². The van der Waals surface area contributed by atoms with Crippen LogP contribution in [0.25, 0.3) is 0 Å². The van der Waals surface area contributed by atoms with Crippen molar-refractivity contribution < 1.29 is 13.2 Å². The highest BCUT2D eigenvalue weighted by atomic mass is 35.5.